The fourth-order valence-electron chi connectivity index (χ4n) is 1.50. The standard InChI is InChI=1S/C11H17N3O4S/c1-3-4-7-9(19-14-13-7)10(15)12-8(11(16)17)5-6-18-2/h8H,3-6H2,1-2H3,(H,12,15)(H,16,17). The van der Waals surface area contributed by atoms with E-state index in [4.69, 9.17) is 9.84 Å². The third kappa shape index (κ3) is 4.56. The quantitative estimate of drug-likeness (QED) is 0.730. The summed E-state index contributed by atoms with van der Waals surface area (Å²) >= 11 is 0.978. The number of carbonyl (C=O) groups is 2. The van der Waals surface area contributed by atoms with Crippen LogP contribution in [0.3, 0.4) is 0 Å². The summed E-state index contributed by atoms with van der Waals surface area (Å²) in [5.41, 5.74) is 0.612. The van der Waals surface area contributed by atoms with E-state index in [1.54, 1.807) is 0 Å². The zero-order valence-electron chi connectivity index (χ0n) is 10.9. The van der Waals surface area contributed by atoms with Crippen molar-refractivity contribution in [2.24, 2.45) is 0 Å². The van der Waals surface area contributed by atoms with Gasteiger partial charge in [0.2, 0.25) is 0 Å². The van der Waals surface area contributed by atoms with E-state index in [0.717, 1.165) is 18.0 Å². The molecule has 0 saturated heterocycles. The lowest BCUT2D eigenvalue weighted by Gasteiger charge is -2.13. The van der Waals surface area contributed by atoms with Crippen molar-refractivity contribution >= 4 is 23.4 Å². The van der Waals surface area contributed by atoms with Gasteiger partial charge in [0.1, 0.15) is 10.9 Å². The molecule has 0 fully saturated rings. The van der Waals surface area contributed by atoms with Crippen molar-refractivity contribution in [2.45, 2.75) is 32.2 Å². The molecule has 0 aliphatic carbocycles. The molecule has 1 unspecified atom stereocenters. The lowest BCUT2D eigenvalue weighted by atomic mass is 10.2. The first-order valence-corrected chi connectivity index (χ1v) is 6.71. The fourth-order valence-corrected chi connectivity index (χ4v) is 2.11. The highest BCUT2D eigenvalue weighted by Crippen LogP contribution is 2.13. The van der Waals surface area contributed by atoms with E-state index in [2.05, 4.69) is 14.9 Å². The number of rotatable bonds is 8. The Hall–Kier alpha value is -1.54. The monoisotopic (exact) mass is 287 g/mol. The number of carboxylic acid groups (broad SMARTS) is 1. The minimum absolute atomic E-state index is 0.215. The second-order valence-electron chi connectivity index (χ2n) is 3.94. The van der Waals surface area contributed by atoms with Gasteiger partial charge in [-0.15, -0.1) is 5.10 Å². The summed E-state index contributed by atoms with van der Waals surface area (Å²) < 4.78 is 8.56. The predicted molar refractivity (Wildman–Crippen MR) is 69.3 cm³/mol. The number of carbonyl (C=O) groups excluding carboxylic acids is 1. The third-order valence-corrected chi connectivity index (χ3v) is 3.23. The van der Waals surface area contributed by atoms with Crippen molar-refractivity contribution in [3.8, 4) is 0 Å². The normalized spacial score (nSPS) is 12.1. The van der Waals surface area contributed by atoms with E-state index < -0.39 is 17.9 Å². The van der Waals surface area contributed by atoms with Crippen molar-refractivity contribution in [3.63, 3.8) is 0 Å². The highest BCUT2D eigenvalue weighted by atomic mass is 32.1. The van der Waals surface area contributed by atoms with Gasteiger partial charge in [-0.3, -0.25) is 4.79 Å². The molecule has 1 aromatic heterocycles. The van der Waals surface area contributed by atoms with E-state index in [0.29, 0.717) is 17.0 Å². The number of nitrogens with one attached hydrogen (secondary N) is 1. The van der Waals surface area contributed by atoms with Crippen LogP contribution in [-0.2, 0) is 16.0 Å². The topological polar surface area (TPSA) is 101 Å². The van der Waals surface area contributed by atoms with E-state index in [-0.39, 0.29) is 13.0 Å². The molecule has 19 heavy (non-hydrogen) atoms. The Morgan fingerprint density at radius 1 is 1.53 bits per heavy atom. The van der Waals surface area contributed by atoms with Crippen LogP contribution in [0.1, 0.15) is 35.1 Å². The number of aryl methyl sites for hydroxylation is 1. The van der Waals surface area contributed by atoms with Gasteiger partial charge in [0.25, 0.3) is 5.91 Å². The summed E-state index contributed by atoms with van der Waals surface area (Å²) in [5, 5.41) is 15.4. The van der Waals surface area contributed by atoms with Gasteiger partial charge in [-0.25, -0.2) is 4.79 Å². The van der Waals surface area contributed by atoms with Crippen molar-refractivity contribution < 1.29 is 19.4 Å². The van der Waals surface area contributed by atoms with E-state index >= 15 is 0 Å². The first-order chi connectivity index (χ1) is 9.10. The molecule has 2 N–H and O–H groups in total. The minimum Gasteiger partial charge on any atom is -0.480 e. The van der Waals surface area contributed by atoms with Crippen molar-refractivity contribution in [3.05, 3.63) is 10.6 Å². The molecule has 1 aromatic rings. The third-order valence-electron chi connectivity index (χ3n) is 2.46. The molecule has 0 spiro atoms. The Morgan fingerprint density at radius 3 is 2.84 bits per heavy atom. The lowest BCUT2D eigenvalue weighted by molar-refractivity contribution is -0.139. The second-order valence-corrected chi connectivity index (χ2v) is 4.70. The van der Waals surface area contributed by atoms with Gasteiger partial charge >= 0.3 is 5.97 Å². The summed E-state index contributed by atoms with van der Waals surface area (Å²) in [7, 11) is 1.48. The van der Waals surface area contributed by atoms with E-state index in [1.165, 1.54) is 7.11 Å². The van der Waals surface area contributed by atoms with Crippen LogP contribution in [0, 0.1) is 0 Å². The molecule has 0 aliphatic heterocycles. The summed E-state index contributed by atoms with van der Waals surface area (Å²) in [6.07, 6.45) is 1.71. The maximum Gasteiger partial charge on any atom is 0.326 e. The largest absolute Gasteiger partial charge is 0.480 e. The van der Waals surface area contributed by atoms with Crippen LogP contribution >= 0.6 is 11.5 Å². The highest BCUT2D eigenvalue weighted by Gasteiger charge is 2.23. The Kier molecular flexibility index (Phi) is 6.37. The van der Waals surface area contributed by atoms with Gasteiger partial charge in [0.05, 0.1) is 5.69 Å². The molecule has 1 rings (SSSR count). The van der Waals surface area contributed by atoms with Gasteiger partial charge in [0.15, 0.2) is 0 Å². The molecule has 0 bridgehead atoms. The van der Waals surface area contributed by atoms with E-state index in [9.17, 15) is 9.59 Å². The highest BCUT2D eigenvalue weighted by molar-refractivity contribution is 7.08. The molecule has 0 aromatic carbocycles. The van der Waals surface area contributed by atoms with Crippen LogP contribution in [0.2, 0.25) is 0 Å². The Bertz CT molecular complexity index is 435. The molecule has 1 atom stereocenters. The summed E-state index contributed by atoms with van der Waals surface area (Å²) in [5.74, 6) is -1.53. The number of hydrogen-bond donors (Lipinski definition) is 2. The maximum atomic E-state index is 12.0. The molecule has 7 nitrogen and oxygen atoms in total. The molecular formula is C11H17N3O4S. The SMILES string of the molecule is CCCc1nnsc1C(=O)NC(CCOC)C(=O)O. The smallest absolute Gasteiger partial charge is 0.326 e. The van der Waals surface area contributed by atoms with Crippen LogP contribution in [0.5, 0.6) is 0 Å². The van der Waals surface area contributed by atoms with Crippen molar-refractivity contribution in [2.75, 3.05) is 13.7 Å². The van der Waals surface area contributed by atoms with Crippen LogP contribution in [0.25, 0.3) is 0 Å². The average molecular weight is 287 g/mol. The van der Waals surface area contributed by atoms with Crippen LogP contribution < -0.4 is 5.32 Å². The van der Waals surface area contributed by atoms with Gasteiger partial charge in [-0.1, -0.05) is 17.8 Å². The summed E-state index contributed by atoms with van der Waals surface area (Å²) in [6, 6.07) is -0.968. The van der Waals surface area contributed by atoms with E-state index in [1.807, 2.05) is 6.92 Å². The number of aromatic nitrogens is 2. The first kappa shape index (κ1) is 15.5. The molecule has 106 valence electrons. The van der Waals surface area contributed by atoms with Crippen LogP contribution in [0.4, 0.5) is 0 Å². The van der Waals surface area contributed by atoms with Crippen molar-refractivity contribution in [1.82, 2.24) is 14.9 Å². The van der Waals surface area contributed by atoms with Gasteiger partial charge < -0.3 is 15.2 Å². The Balaban J connectivity index is 2.70. The van der Waals surface area contributed by atoms with Crippen LogP contribution in [-0.4, -0.2) is 46.3 Å². The zero-order valence-corrected chi connectivity index (χ0v) is 11.7. The number of aliphatic carboxylic acids is 1. The number of ether oxygens (including phenoxy) is 1. The Morgan fingerprint density at radius 2 is 2.26 bits per heavy atom. The minimum atomic E-state index is -1.08. The van der Waals surface area contributed by atoms with Crippen molar-refractivity contribution in [1.29, 1.82) is 0 Å². The fraction of sp³-hybridized carbons (Fsp3) is 0.636. The maximum absolute atomic E-state index is 12.0. The number of carboxylic acids is 1. The average Bonchev–Trinajstić information content (AvgIpc) is 2.82. The molecule has 1 amide bonds. The van der Waals surface area contributed by atoms with Gasteiger partial charge in [-0.2, -0.15) is 0 Å². The predicted octanol–water partition coefficient (Wildman–Crippen LogP) is 0.710. The van der Waals surface area contributed by atoms with Gasteiger partial charge in [-0.05, 0) is 18.0 Å². The molecule has 0 radical (unpaired) electrons. The number of nitrogens with zero attached hydrogens (tertiary/aromatic N) is 2. The zero-order chi connectivity index (χ0) is 14.3. The lowest BCUT2D eigenvalue weighted by Crippen LogP contribution is -2.41. The molecule has 0 saturated carbocycles. The van der Waals surface area contributed by atoms with Gasteiger partial charge in [0, 0.05) is 20.1 Å². The molecule has 1 heterocycles. The number of methoxy groups -OCH3 is 1. The first-order valence-electron chi connectivity index (χ1n) is 5.94. The number of hydrogen-bond acceptors (Lipinski definition) is 6. The summed E-state index contributed by atoms with van der Waals surface area (Å²) in [4.78, 5) is 23.4. The Labute approximate surface area is 115 Å². The molecule has 0 aliphatic rings. The summed E-state index contributed by atoms with van der Waals surface area (Å²) in [6.45, 7) is 2.24. The second kappa shape index (κ2) is 7.80. The molecule has 8 heteroatoms. The molecular weight excluding hydrogens is 270 g/mol. The van der Waals surface area contributed by atoms with Crippen LogP contribution in [0.15, 0.2) is 0 Å². The number of amides is 1.